The second kappa shape index (κ2) is 8.22. The molecule has 1 aromatic heterocycles. The van der Waals surface area contributed by atoms with Gasteiger partial charge in [0.15, 0.2) is 0 Å². The third-order valence-corrected chi connectivity index (χ3v) is 6.33. The number of carbonyl (C=O) groups excluding carboxylic acids is 2. The molecule has 4 rings (SSSR count). The summed E-state index contributed by atoms with van der Waals surface area (Å²) in [6, 6.07) is 16.8. The molecular weight excluding hydrogens is 474 g/mol. The summed E-state index contributed by atoms with van der Waals surface area (Å²) in [5.41, 5.74) is 2.72. The summed E-state index contributed by atoms with van der Waals surface area (Å²) in [5, 5.41) is 0.371. The Balaban J connectivity index is 1.53. The molecule has 1 fully saturated rings. The highest BCUT2D eigenvalue weighted by molar-refractivity contribution is 9.10. The number of aryl methyl sites for hydroxylation is 1. The van der Waals surface area contributed by atoms with Gasteiger partial charge >= 0.3 is 0 Å². The van der Waals surface area contributed by atoms with Crippen LogP contribution < -0.4 is 0 Å². The highest BCUT2D eigenvalue weighted by atomic mass is 79.9. The largest absolute Gasteiger partial charge is 0.457 e. The molecule has 2 amide bonds. The number of furan rings is 1. The summed E-state index contributed by atoms with van der Waals surface area (Å²) in [6.45, 7) is 2.17. The molecule has 1 saturated heterocycles. The van der Waals surface area contributed by atoms with Crippen LogP contribution in [0.25, 0.3) is 17.4 Å². The molecule has 0 radical (unpaired) electrons. The van der Waals surface area contributed by atoms with Crippen LogP contribution in [-0.4, -0.2) is 16.0 Å². The van der Waals surface area contributed by atoms with E-state index in [1.807, 2.05) is 55.5 Å². The molecule has 1 aliphatic rings. The number of halogens is 2. The molecule has 0 spiro atoms. The van der Waals surface area contributed by atoms with E-state index in [4.69, 9.17) is 16.0 Å². The van der Waals surface area contributed by atoms with Crippen molar-refractivity contribution in [3.8, 4) is 11.3 Å². The van der Waals surface area contributed by atoms with Crippen molar-refractivity contribution in [3.63, 3.8) is 0 Å². The maximum atomic E-state index is 12.7. The fourth-order valence-corrected chi connectivity index (χ4v) is 4.13. The number of imide groups is 1. The minimum atomic E-state index is -0.320. The Hall–Kier alpha value is -2.28. The van der Waals surface area contributed by atoms with E-state index < -0.39 is 0 Å². The van der Waals surface area contributed by atoms with E-state index in [0.717, 1.165) is 32.9 Å². The first kappa shape index (κ1) is 20.0. The Morgan fingerprint density at radius 3 is 2.59 bits per heavy atom. The third kappa shape index (κ3) is 4.34. The van der Waals surface area contributed by atoms with Crippen LogP contribution in [0.15, 0.2) is 68.4 Å². The standard InChI is InChI=1S/C22H15BrClNO3S/c1-13-2-5-15(10-18(13)24)19-9-8-17(28-19)11-20-21(26)25(22(27)29-20)12-14-3-6-16(23)7-4-14/h2-11H,12H2,1H3/b20-11-. The Morgan fingerprint density at radius 1 is 1.10 bits per heavy atom. The van der Waals surface area contributed by atoms with E-state index in [2.05, 4.69) is 15.9 Å². The number of amides is 2. The van der Waals surface area contributed by atoms with Crippen LogP contribution >= 0.6 is 39.3 Å². The third-order valence-electron chi connectivity index (χ3n) is 4.48. The van der Waals surface area contributed by atoms with Gasteiger partial charge in [-0.15, -0.1) is 0 Å². The zero-order chi connectivity index (χ0) is 20.5. The number of benzene rings is 2. The average molecular weight is 489 g/mol. The van der Waals surface area contributed by atoms with Gasteiger partial charge in [0.2, 0.25) is 0 Å². The van der Waals surface area contributed by atoms with E-state index in [9.17, 15) is 9.59 Å². The number of thioether (sulfide) groups is 1. The quantitative estimate of drug-likeness (QED) is 0.375. The van der Waals surface area contributed by atoms with Crippen molar-refractivity contribution in [2.45, 2.75) is 13.5 Å². The minimum absolute atomic E-state index is 0.237. The Morgan fingerprint density at radius 2 is 1.86 bits per heavy atom. The van der Waals surface area contributed by atoms with Gasteiger partial charge < -0.3 is 4.42 Å². The van der Waals surface area contributed by atoms with Crippen molar-refractivity contribution in [1.29, 1.82) is 0 Å². The Kier molecular flexibility index (Phi) is 5.67. The molecule has 4 nitrogen and oxygen atoms in total. The molecule has 29 heavy (non-hydrogen) atoms. The molecule has 0 N–H and O–H groups in total. The van der Waals surface area contributed by atoms with Crippen LogP contribution in [0.3, 0.4) is 0 Å². The van der Waals surface area contributed by atoms with Gasteiger partial charge in [0, 0.05) is 21.1 Å². The van der Waals surface area contributed by atoms with E-state index >= 15 is 0 Å². The van der Waals surface area contributed by atoms with Crippen molar-refractivity contribution in [2.24, 2.45) is 0 Å². The summed E-state index contributed by atoms with van der Waals surface area (Å²) >= 11 is 10.5. The lowest BCUT2D eigenvalue weighted by Crippen LogP contribution is -2.27. The fourth-order valence-electron chi connectivity index (χ4n) is 2.87. The van der Waals surface area contributed by atoms with E-state index in [-0.39, 0.29) is 17.7 Å². The predicted octanol–water partition coefficient (Wildman–Crippen LogP) is 6.91. The van der Waals surface area contributed by atoms with Crippen molar-refractivity contribution < 1.29 is 14.0 Å². The van der Waals surface area contributed by atoms with Crippen LogP contribution in [0.5, 0.6) is 0 Å². The number of nitrogens with zero attached hydrogens (tertiary/aromatic N) is 1. The lowest BCUT2D eigenvalue weighted by atomic mass is 10.1. The topological polar surface area (TPSA) is 50.5 Å². The summed E-state index contributed by atoms with van der Waals surface area (Å²) in [4.78, 5) is 26.6. The van der Waals surface area contributed by atoms with Crippen LogP contribution in [0.4, 0.5) is 4.79 Å². The number of carbonyl (C=O) groups is 2. The van der Waals surface area contributed by atoms with Crippen LogP contribution in [-0.2, 0) is 11.3 Å². The average Bonchev–Trinajstić information content (AvgIpc) is 3.26. The molecule has 3 aromatic rings. The SMILES string of the molecule is Cc1ccc(-c2ccc(/C=C3\SC(=O)N(Cc4ccc(Br)cc4)C3=O)o2)cc1Cl. The van der Waals surface area contributed by atoms with Gasteiger partial charge in [0.1, 0.15) is 11.5 Å². The molecule has 1 aliphatic heterocycles. The predicted molar refractivity (Wildman–Crippen MR) is 120 cm³/mol. The Labute approximate surface area is 185 Å². The lowest BCUT2D eigenvalue weighted by molar-refractivity contribution is -0.123. The molecule has 2 aromatic carbocycles. The summed E-state index contributed by atoms with van der Waals surface area (Å²) in [6.07, 6.45) is 1.60. The van der Waals surface area contributed by atoms with Gasteiger partial charge in [0.25, 0.3) is 11.1 Å². The summed E-state index contributed by atoms with van der Waals surface area (Å²) in [5.74, 6) is 0.831. The number of rotatable bonds is 4. The summed E-state index contributed by atoms with van der Waals surface area (Å²) < 4.78 is 6.78. The van der Waals surface area contributed by atoms with Crippen molar-refractivity contribution in [1.82, 2.24) is 4.90 Å². The first-order valence-corrected chi connectivity index (χ1v) is 10.8. The van der Waals surface area contributed by atoms with Crippen molar-refractivity contribution in [3.05, 3.63) is 85.9 Å². The summed E-state index contributed by atoms with van der Waals surface area (Å²) in [7, 11) is 0. The highest BCUT2D eigenvalue weighted by Gasteiger charge is 2.35. The van der Waals surface area contributed by atoms with Gasteiger partial charge in [-0.2, -0.15) is 0 Å². The molecule has 0 atom stereocenters. The smallest absolute Gasteiger partial charge is 0.293 e. The van der Waals surface area contributed by atoms with Crippen molar-refractivity contribution in [2.75, 3.05) is 0 Å². The fraction of sp³-hybridized carbons (Fsp3) is 0.0909. The normalized spacial score (nSPS) is 15.6. The van der Waals surface area contributed by atoms with E-state index in [1.54, 1.807) is 12.1 Å². The van der Waals surface area contributed by atoms with Gasteiger partial charge in [-0.05, 0) is 60.1 Å². The molecule has 0 bridgehead atoms. The first-order valence-electron chi connectivity index (χ1n) is 8.77. The number of hydrogen-bond acceptors (Lipinski definition) is 4. The van der Waals surface area contributed by atoms with Gasteiger partial charge in [-0.25, -0.2) is 0 Å². The highest BCUT2D eigenvalue weighted by Crippen LogP contribution is 2.34. The van der Waals surface area contributed by atoms with Crippen LogP contribution in [0.2, 0.25) is 5.02 Å². The van der Waals surface area contributed by atoms with Gasteiger partial charge in [-0.1, -0.05) is 51.8 Å². The first-order chi connectivity index (χ1) is 13.9. The molecule has 0 saturated carbocycles. The zero-order valence-electron chi connectivity index (χ0n) is 15.3. The van der Waals surface area contributed by atoms with Crippen LogP contribution in [0, 0.1) is 6.92 Å². The minimum Gasteiger partial charge on any atom is -0.457 e. The number of hydrogen-bond donors (Lipinski definition) is 0. The molecule has 146 valence electrons. The molecule has 2 heterocycles. The molecule has 0 aliphatic carbocycles. The Bertz CT molecular complexity index is 1140. The van der Waals surface area contributed by atoms with E-state index in [1.165, 1.54) is 4.90 Å². The monoisotopic (exact) mass is 487 g/mol. The molecular formula is C22H15BrClNO3S. The molecule has 7 heteroatoms. The maximum Gasteiger partial charge on any atom is 0.293 e. The second-order valence-electron chi connectivity index (χ2n) is 6.56. The maximum absolute atomic E-state index is 12.7. The van der Waals surface area contributed by atoms with Crippen LogP contribution in [0.1, 0.15) is 16.9 Å². The van der Waals surface area contributed by atoms with E-state index in [0.29, 0.717) is 21.4 Å². The van der Waals surface area contributed by atoms with Crippen molar-refractivity contribution >= 4 is 56.5 Å². The van der Waals surface area contributed by atoms with Gasteiger partial charge in [0.05, 0.1) is 11.4 Å². The van der Waals surface area contributed by atoms with Gasteiger partial charge in [-0.3, -0.25) is 14.5 Å². The molecule has 0 unspecified atom stereocenters. The zero-order valence-corrected chi connectivity index (χ0v) is 18.5. The second-order valence-corrected chi connectivity index (χ2v) is 8.88. The lowest BCUT2D eigenvalue weighted by Gasteiger charge is -2.12.